The van der Waals surface area contributed by atoms with E-state index >= 15 is 0 Å². The van der Waals surface area contributed by atoms with E-state index in [-0.39, 0.29) is 18.5 Å². The first-order valence-electron chi connectivity index (χ1n) is 33.4. The minimum Gasteiger partial charge on any atom is -0.466 e. The van der Waals surface area contributed by atoms with Crippen LogP contribution in [0.3, 0.4) is 0 Å². The van der Waals surface area contributed by atoms with E-state index in [4.69, 9.17) is 4.74 Å². The summed E-state index contributed by atoms with van der Waals surface area (Å²) in [5, 5.41) is 23.4. The van der Waals surface area contributed by atoms with Crippen LogP contribution in [-0.2, 0) is 14.3 Å². The van der Waals surface area contributed by atoms with E-state index in [1.54, 1.807) is 0 Å². The molecule has 0 aliphatic heterocycles. The van der Waals surface area contributed by atoms with Crippen molar-refractivity contribution in [2.45, 2.75) is 392 Å². The molecule has 0 aliphatic rings. The Morgan fingerprint density at radius 2 is 0.644 bits per heavy atom. The molecule has 0 rings (SSSR count). The summed E-state index contributed by atoms with van der Waals surface area (Å²) >= 11 is 0. The van der Waals surface area contributed by atoms with Crippen LogP contribution in [0.25, 0.3) is 0 Å². The van der Waals surface area contributed by atoms with Gasteiger partial charge < -0.3 is 20.3 Å². The first-order valence-corrected chi connectivity index (χ1v) is 33.4. The van der Waals surface area contributed by atoms with Crippen molar-refractivity contribution < 1.29 is 24.5 Å². The van der Waals surface area contributed by atoms with Gasteiger partial charge in [-0.15, -0.1) is 0 Å². The van der Waals surface area contributed by atoms with E-state index in [1.807, 2.05) is 0 Å². The molecule has 0 saturated heterocycles. The highest BCUT2D eigenvalue weighted by molar-refractivity contribution is 5.76. The van der Waals surface area contributed by atoms with Crippen LogP contribution in [-0.4, -0.2) is 47.4 Å². The van der Waals surface area contributed by atoms with E-state index in [1.165, 1.54) is 295 Å². The predicted octanol–water partition coefficient (Wildman–Crippen LogP) is 21.2. The first-order chi connectivity index (χ1) is 36.0. The van der Waals surface area contributed by atoms with Gasteiger partial charge in [-0.1, -0.05) is 328 Å². The molecule has 0 heterocycles. The molecule has 3 N–H and O–H groups in total. The maximum atomic E-state index is 12.5. The van der Waals surface area contributed by atoms with Crippen LogP contribution >= 0.6 is 0 Å². The van der Waals surface area contributed by atoms with Crippen LogP contribution in [0.4, 0.5) is 0 Å². The van der Waals surface area contributed by atoms with E-state index in [0.717, 1.165) is 51.4 Å². The second kappa shape index (κ2) is 63.1. The summed E-state index contributed by atoms with van der Waals surface area (Å²) in [5.74, 6) is -0.0393. The first kappa shape index (κ1) is 71.6. The van der Waals surface area contributed by atoms with Crippen molar-refractivity contribution in [2.24, 2.45) is 0 Å². The Bertz CT molecular complexity index is 1100. The highest BCUT2D eigenvalue weighted by atomic mass is 16.5. The molecule has 0 radical (unpaired) electrons. The summed E-state index contributed by atoms with van der Waals surface area (Å²) in [4.78, 5) is 24.6. The van der Waals surface area contributed by atoms with Gasteiger partial charge in [0.25, 0.3) is 0 Å². The van der Waals surface area contributed by atoms with E-state index in [2.05, 4.69) is 31.3 Å². The summed E-state index contributed by atoms with van der Waals surface area (Å²) in [7, 11) is 0. The molecule has 2 unspecified atom stereocenters. The number of carbonyl (C=O) groups is 2. The number of allylic oxidation sites excluding steroid dienone is 2. The van der Waals surface area contributed by atoms with Crippen molar-refractivity contribution in [1.29, 1.82) is 0 Å². The fourth-order valence-corrected chi connectivity index (χ4v) is 10.7. The average molecular weight is 1030 g/mol. The number of unbranched alkanes of at least 4 members (excludes halogenated alkanes) is 50. The number of amides is 1. The Hall–Kier alpha value is -1.40. The minimum atomic E-state index is -0.673. The molecule has 0 fully saturated rings. The number of rotatable bonds is 63. The minimum absolute atomic E-state index is 0.00296. The van der Waals surface area contributed by atoms with Gasteiger partial charge in [0.05, 0.1) is 25.4 Å². The van der Waals surface area contributed by atoms with Crippen LogP contribution in [0.5, 0.6) is 0 Å². The van der Waals surface area contributed by atoms with Crippen molar-refractivity contribution in [3.8, 4) is 0 Å². The average Bonchev–Trinajstić information content (AvgIpc) is 3.39. The number of nitrogens with one attached hydrogen (secondary N) is 1. The molecule has 0 bridgehead atoms. The largest absolute Gasteiger partial charge is 0.466 e. The number of esters is 1. The Morgan fingerprint density at radius 1 is 0.370 bits per heavy atom. The molecule has 1 amide bonds. The van der Waals surface area contributed by atoms with Crippen molar-refractivity contribution >= 4 is 11.9 Å². The van der Waals surface area contributed by atoms with Crippen molar-refractivity contribution in [3.63, 3.8) is 0 Å². The summed E-state index contributed by atoms with van der Waals surface area (Å²) in [5.41, 5.74) is 0. The highest BCUT2D eigenvalue weighted by Crippen LogP contribution is 2.19. The zero-order valence-corrected chi connectivity index (χ0v) is 49.6. The van der Waals surface area contributed by atoms with Gasteiger partial charge >= 0.3 is 5.97 Å². The van der Waals surface area contributed by atoms with Crippen molar-refractivity contribution in [1.82, 2.24) is 5.32 Å². The molecule has 0 aliphatic carbocycles. The number of ether oxygens (including phenoxy) is 1. The smallest absolute Gasteiger partial charge is 0.305 e. The lowest BCUT2D eigenvalue weighted by molar-refractivity contribution is -0.143. The Labute approximate surface area is 457 Å². The van der Waals surface area contributed by atoms with Crippen LogP contribution < -0.4 is 5.32 Å². The molecule has 0 saturated carbocycles. The van der Waals surface area contributed by atoms with Crippen LogP contribution in [0.1, 0.15) is 380 Å². The molecule has 0 spiro atoms. The topological polar surface area (TPSA) is 95.9 Å². The molecule has 73 heavy (non-hydrogen) atoms. The van der Waals surface area contributed by atoms with E-state index < -0.39 is 12.1 Å². The van der Waals surface area contributed by atoms with E-state index in [0.29, 0.717) is 25.9 Å². The molecule has 0 aromatic carbocycles. The number of hydrogen-bond donors (Lipinski definition) is 3. The Kier molecular flexibility index (Phi) is 61.9. The summed E-state index contributed by atoms with van der Waals surface area (Å²) in [6, 6.07) is -0.551. The third kappa shape index (κ3) is 59.7. The molecule has 0 aromatic rings. The Morgan fingerprint density at radius 3 is 0.973 bits per heavy atom. The van der Waals surface area contributed by atoms with E-state index in [9.17, 15) is 19.8 Å². The van der Waals surface area contributed by atoms with Crippen LogP contribution in [0, 0.1) is 0 Å². The molecule has 6 nitrogen and oxygen atoms in total. The fraction of sp³-hybridized carbons (Fsp3) is 0.940. The van der Waals surface area contributed by atoms with Gasteiger partial charge in [-0.2, -0.15) is 0 Å². The summed E-state index contributed by atoms with van der Waals surface area (Å²) in [6.07, 6.45) is 76.6. The normalized spacial score (nSPS) is 12.5. The zero-order chi connectivity index (χ0) is 52.9. The lowest BCUT2D eigenvalue weighted by atomic mass is 10.0. The molecular formula is C67H131NO5. The highest BCUT2D eigenvalue weighted by Gasteiger charge is 2.20. The monoisotopic (exact) mass is 1030 g/mol. The van der Waals surface area contributed by atoms with Crippen LogP contribution in [0.15, 0.2) is 12.2 Å². The van der Waals surface area contributed by atoms with Crippen molar-refractivity contribution in [2.75, 3.05) is 13.2 Å². The maximum Gasteiger partial charge on any atom is 0.305 e. The molecule has 0 aromatic heterocycles. The van der Waals surface area contributed by atoms with Gasteiger partial charge in [0, 0.05) is 12.8 Å². The number of aliphatic hydroxyl groups excluding tert-OH is 2. The maximum absolute atomic E-state index is 12.5. The third-order valence-corrected chi connectivity index (χ3v) is 15.8. The summed E-state index contributed by atoms with van der Waals surface area (Å²) in [6.45, 7) is 4.97. The van der Waals surface area contributed by atoms with Gasteiger partial charge in [-0.25, -0.2) is 0 Å². The SMILES string of the molecule is CCCCCCCCCCCCCCCCCCCCCCCCCC(O)C(CO)NC(=O)CCCCCCCCC/C=C\CCCCCCCCOC(=O)CCCCCCCCCCCCCCCCCC. The number of hydrogen-bond acceptors (Lipinski definition) is 5. The summed E-state index contributed by atoms with van der Waals surface area (Å²) < 4.78 is 5.49. The van der Waals surface area contributed by atoms with Gasteiger partial charge in [0.15, 0.2) is 0 Å². The molecule has 6 heteroatoms. The molecule has 2 atom stereocenters. The second-order valence-corrected chi connectivity index (χ2v) is 23.2. The van der Waals surface area contributed by atoms with Crippen LogP contribution in [0.2, 0.25) is 0 Å². The number of aliphatic hydroxyl groups is 2. The lowest BCUT2D eigenvalue weighted by Gasteiger charge is -2.22. The van der Waals surface area contributed by atoms with Gasteiger partial charge in [-0.3, -0.25) is 9.59 Å². The quantitative estimate of drug-likeness (QED) is 0.0320. The molecule has 434 valence electrons. The Balaban J connectivity index is 3.43. The molecular weight excluding hydrogens is 899 g/mol. The lowest BCUT2D eigenvalue weighted by Crippen LogP contribution is -2.45. The third-order valence-electron chi connectivity index (χ3n) is 15.8. The fourth-order valence-electron chi connectivity index (χ4n) is 10.7. The number of carbonyl (C=O) groups excluding carboxylic acids is 2. The van der Waals surface area contributed by atoms with Crippen molar-refractivity contribution in [3.05, 3.63) is 12.2 Å². The van der Waals surface area contributed by atoms with Gasteiger partial charge in [-0.05, 0) is 51.4 Å². The zero-order valence-electron chi connectivity index (χ0n) is 49.6. The predicted molar refractivity (Wildman–Crippen MR) is 320 cm³/mol. The second-order valence-electron chi connectivity index (χ2n) is 23.2. The van der Waals surface area contributed by atoms with Gasteiger partial charge in [0.2, 0.25) is 5.91 Å². The van der Waals surface area contributed by atoms with Gasteiger partial charge in [0.1, 0.15) is 0 Å². The standard InChI is InChI=1S/C67H131NO5/c1-3-5-7-9-11-13-15-17-19-21-22-23-24-25-26-28-31-35-39-43-47-51-55-59-65(70)64(63-69)68-66(71)60-56-52-48-44-40-36-32-29-27-30-34-38-42-46-50-54-58-62-73-67(72)61-57-53-49-45-41-37-33-20-18-16-14-12-10-8-6-4-2/h27,30,64-65,69-70H,3-26,28-29,31-63H2,1-2H3,(H,68,71)/b30-27-.